The Morgan fingerprint density at radius 3 is 2.09 bits per heavy atom. The minimum atomic E-state index is -2.57. The number of likely N-dealkylation sites (tertiary alicyclic amines) is 1. The van der Waals surface area contributed by atoms with Gasteiger partial charge >= 0.3 is 5.97 Å². The van der Waals surface area contributed by atoms with E-state index in [1.165, 1.54) is 43.3 Å². The van der Waals surface area contributed by atoms with Gasteiger partial charge in [0.05, 0.1) is 22.5 Å². The van der Waals surface area contributed by atoms with Crippen molar-refractivity contribution >= 4 is 46.3 Å². The predicted octanol–water partition coefficient (Wildman–Crippen LogP) is 2.44. The molecule has 4 atom stereocenters. The second-order valence-corrected chi connectivity index (χ2v) is 11.8. The van der Waals surface area contributed by atoms with E-state index in [2.05, 4.69) is 11.9 Å². The normalized spacial score (nSPS) is 18.5. The molecule has 0 radical (unpaired) electrons. The lowest BCUT2D eigenvalue weighted by atomic mass is 9.99. The van der Waals surface area contributed by atoms with Crippen molar-refractivity contribution in [3.8, 4) is 0 Å². The molecule has 0 bridgehead atoms. The second kappa shape index (κ2) is 12.6. The summed E-state index contributed by atoms with van der Waals surface area (Å²) in [5.74, 6) is -4.05. The van der Waals surface area contributed by atoms with Crippen LogP contribution in [0.2, 0.25) is 0 Å². The van der Waals surface area contributed by atoms with Crippen molar-refractivity contribution in [3.63, 3.8) is 0 Å². The number of β-lactam (4-membered cyclic amide) rings is 1. The van der Waals surface area contributed by atoms with Crippen LogP contribution < -0.4 is 5.32 Å². The van der Waals surface area contributed by atoms with Crippen LogP contribution in [0.5, 0.6) is 0 Å². The number of imide groups is 1. The van der Waals surface area contributed by atoms with Crippen LogP contribution in [-0.4, -0.2) is 65.4 Å². The lowest BCUT2D eigenvalue weighted by molar-refractivity contribution is -0.384. The molecule has 45 heavy (non-hydrogen) atoms. The van der Waals surface area contributed by atoms with E-state index < -0.39 is 63.0 Å². The van der Waals surface area contributed by atoms with E-state index in [9.17, 15) is 38.3 Å². The average Bonchev–Trinajstić information content (AvgIpc) is 3.28. The number of nitrogens with zero attached hydrogens (tertiary/aromatic N) is 3. The molecule has 13 nitrogen and oxygen atoms in total. The third-order valence-corrected chi connectivity index (χ3v) is 8.85. The zero-order valence-electron chi connectivity index (χ0n) is 23.8. The highest BCUT2D eigenvalue weighted by Gasteiger charge is 2.59. The van der Waals surface area contributed by atoms with Crippen molar-refractivity contribution in [2.75, 3.05) is 0 Å². The summed E-state index contributed by atoms with van der Waals surface area (Å²) < 4.78 is 20.0. The summed E-state index contributed by atoms with van der Waals surface area (Å²) in [6, 6.07) is 16.9. The number of nitrogens with one attached hydrogen (secondary N) is 1. The molecule has 230 valence electrons. The van der Waals surface area contributed by atoms with Crippen LogP contribution in [-0.2, 0) is 43.1 Å². The Morgan fingerprint density at radius 2 is 1.53 bits per heavy atom. The maximum absolute atomic E-state index is 14.1. The molecule has 0 aromatic heterocycles. The molecule has 2 heterocycles. The summed E-state index contributed by atoms with van der Waals surface area (Å²) in [5, 5.41) is 12.0. The first-order valence-electron chi connectivity index (χ1n) is 13.6. The van der Waals surface area contributed by atoms with E-state index in [1.54, 1.807) is 42.5 Å². The van der Waals surface area contributed by atoms with Gasteiger partial charge in [0.2, 0.25) is 5.91 Å². The van der Waals surface area contributed by atoms with Crippen LogP contribution in [0.25, 0.3) is 0 Å². The van der Waals surface area contributed by atoms with Gasteiger partial charge in [-0.25, -0.2) is 9.00 Å². The Morgan fingerprint density at radius 1 is 0.956 bits per heavy atom. The molecule has 2 aliphatic rings. The third-order valence-electron chi connectivity index (χ3n) is 7.24. The van der Waals surface area contributed by atoms with E-state index >= 15 is 0 Å². The van der Waals surface area contributed by atoms with Crippen LogP contribution in [0.1, 0.15) is 38.8 Å². The number of nitro benzene ring substituents is 1. The monoisotopic (exact) mass is 630 g/mol. The Balaban J connectivity index is 1.41. The maximum Gasteiger partial charge on any atom is 0.333 e. The van der Waals surface area contributed by atoms with Crippen molar-refractivity contribution in [2.24, 2.45) is 0 Å². The third kappa shape index (κ3) is 5.99. The topological polar surface area (TPSA) is 173 Å². The van der Waals surface area contributed by atoms with Gasteiger partial charge in [0.1, 0.15) is 12.6 Å². The fourth-order valence-corrected chi connectivity index (χ4v) is 6.63. The quantitative estimate of drug-likeness (QED) is 0.0834. The van der Waals surface area contributed by atoms with Crippen molar-refractivity contribution in [1.82, 2.24) is 14.5 Å². The van der Waals surface area contributed by atoms with Gasteiger partial charge in [0.15, 0.2) is 22.4 Å². The molecular formula is C31H26N4O9S. The SMILES string of the molecule is C=C(C)C(C(=O)OCc1ccc([N+](=O)[O-])cc1)N1C(=O)C(NC(=O)Cc2ccccc2)C1S(=O)N1C(=O)c2ccccc2C1=O. The van der Waals surface area contributed by atoms with Gasteiger partial charge in [-0.15, -0.1) is 0 Å². The largest absolute Gasteiger partial charge is 0.459 e. The van der Waals surface area contributed by atoms with Gasteiger partial charge in [-0.2, -0.15) is 4.31 Å². The lowest BCUT2D eigenvalue weighted by Crippen LogP contribution is -2.76. The summed E-state index contributed by atoms with van der Waals surface area (Å²) in [5.41, 5.74) is 1.08. The Labute approximate surface area is 259 Å². The Hall–Kier alpha value is -5.50. The van der Waals surface area contributed by atoms with E-state index in [4.69, 9.17) is 4.74 Å². The maximum atomic E-state index is 14.1. The standard InChI is InChI=1S/C31H26N4O9S/c1-18(2)26(31(40)44-17-20-12-14-21(15-13-20)35(41)42)33-29(39)25(32-24(36)16-19-8-4-3-5-9-19)30(33)45(43)34-27(37)22-10-6-7-11-23(22)28(34)38/h3-15,25-26,30H,1,16-17H2,2H3,(H,32,36). The van der Waals surface area contributed by atoms with Gasteiger partial charge < -0.3 is 15.0 Å². The molecule has 14 heteroatoms. The number of esters is 1. The van der Waals surface area contributed by atoms with Crippen LogP contribution in [0.3, 0.4) is 0 Å². The fraction of sp³-hybridized carbons (Fsp3) is 0.194. The highest BCUT2D eigenvalue weighted by Crippen LogP contribution is 2.34. The molecule has 4 unspecified atom stereocenters. The Kier molecular flexibility index (Phi) is 8.68. The summed E-state index contributed by atoms with van der Waals surface area (Å²) in [6.07, 6.45) is -0.113. The smallest absolute Gasteiger partial charge is 0.333 e. The predicted molar refractivity (Wildman–Crippen MR) is 159 cm³/mol. The van der Waals surface area contributed by atoms with Crippen molar-refractivity contribution in [1.29, 1.82) is 0 Å². The second-order valence-electron chi connectivity index (χ2n) is 10.4. The van der Waals surface area contributed by atoms with Crippen molar-refractivity contribution in [3.05, 3.63) is 123 Å². The summed E-state index contributed by atoms with van der Waals surface area (Å²) in [6.45, 7) is 4.92. The first-order chi connectivity index (χ1) is 21.5. The molecule has 3 aromatic carbocycles. The Bertz CT molecular complexity index is 1730. The number of carbonyl (C=O) groups is 5. The number of ether oxygens (including phenoxy) is 1. The molecule has 1 N–H and O–H groups in total. The van der Waals surface area contributed by atoms with E-state index in [0.29, 0.717) is 15.4 Å². The number of non-ortho nitro benzene ring substituents is 1. The average molecular weight is 631 g/mol. The molecule has 3 aromatic rings. The van der Waals surface area contributed by atoms with E-state index in [0.717, 1.165) is 4.90 Å². The number of hydrogen-bond acceptors (Lipinski definition) is 9. The van der Waals surface area contributed by atoms with Gasteiger partial charge in [0, 0.05) is 12.1 Å². The molecule has 0 aliphatic carbocycles. The highest BCUT2D eigenvalue weighted by molar-refractivity contribution is 7.84. The summed E-state index contributed by atoms with van der Waals surface area (Å²) >= 11 is 0. The minimum Gasteiger partial charge on any atom is -0.459 e. The molecule has 1 fully saturated rings. The van der Waals surface area contributed by atoms with E-state index in [-0.39, 0.29) is 35.4 Å². The number of hydrogen-bond donors (Lipinski definition) is 1. The van der Waals surface area contributed by atoms with Crippen LogP contribution in [0, 0.1) is 10.1 Å². The number of carbonyl (C=O) groups excluding carboxylic acids is 5. The number of nitro groups is 1. The van der Waals surface area contributed by atoms with Crippen LogP contribution in [0.15, 0.2) is 91.0 Å². The van der Waals surface area contributed by atoms with Gasteiger partial charge in [-0.3, -0.25) is 29.3 Å². The van der Waals surface area contributed by atoms with Crippen molar-refractivity contribution in [2.45, 2.75) is 37.4 Å². The van der Waals surface area contributed by atoms with Crippen molar-refractivity contribution < 1.29 is 37.8 Å². The fourth-order valence-electron chi connectivity index (χ4n) is 5.05. The zero-order valence-corrected chi connectivity index (χ0v) is 24.6. The van der Waals surface area contributed by atoms with Gasteiger partial charge in [-0.1, -0.05) is 49.0 Å². The van der Waals surface area contributed by atoms with E-state index in [1.807, 2.05) is 0 Å². The van der Waals surface area contributed by atoms with Gasteiger partial charge in [-0.05, 0) is 47.9 Å². The molecule has 5 rings (SSSR count). The number of fused-ring (bicyclic) bond motifs is 1. The molecule has 0 spiro atoms. The minimum absolute atomic E-state index is 0.0247. The molecule has 1 saturated heterocycles. The molecule has 2 aliphatic heterocycles. The zero-order chi connectivity index (χ0) is 32.4. The lowest BCUT2D eigenvalue weighted by Gasteiger charge is -2.49. The summed E-state index contributed by atoms with van der Waals surface area (Å²) in [4.78, 5) is 77.5. The first-order valence-corrected chi connectivity index (χ1v) is 14.8. The van der Waals surface area contributed by atoms with Crippen LogP contribution >= 0.6 is 0 Å². The number of amides is 4. The molecular weight excluding hydrogens is 604 g/mol. The molecule has 0 saturated carbocycles. The highest BCUT2D eigenvalue weighted by atomic mass is 32.2. The molecule has 4 amide bonds. The summed E-state index contributed by atoms with van der Waals surface area (Å²) in [7, 11) is -2.57. The number of benzene rings is 3. The van der Waals surface area contributed by atoms with Crippen LogP contribution in [0.4, 0.5) is 5.69 Å². The number of rotatable bonds is 11. The first kappa shape index (κ1) is 30.9. The van der Waals surface area contributed by atoms with Gasteiger partial charge in [0.25, 0.3) is 23.4 Å².